The number of halogens is 3. The highest BCUT2D eigenvalue weighted by atomic mass is 19.2. The molecule has 1 amide bonds. The van der Waals surface area contributed by atoms with E-state index in [0.29, 0.717) is 0 Å². The Kier molecular flexibility index (Phi) is 4.53. The van der Waals surface area contributed by atoms with Crippen molar-refractivity contribution in [3.63, 3.8) is 0 Å². The number of carbonyl (C=O) groups excluding carboxylic acids is 1. The van der Waals surface area contributed by atoms with Crippen LogP contribution in [-0.4, -0.2) is 21.4 Å². The monoisotopic (exact) mass is 324 g/mol. The second-order valence-electron chi connectivity index (χ2n) is 5.82. The first kappa shape index (κ1) is 16.7. The van der Waals surface area contributed by atoms with Crippen LogP contribution in [0.5, 0.6) is 0 Å². The molecule has 1 aromatic carbocycles. The fourth-order valence-electron chi connectivity index (χ4n) is 1.69. The van der Waals surface area contributed by atoms with Crippen molar-refractivity contribution in [1.82, 2.24) is 9.97 Å². The predicted octanol–water partition coefficient (Wildman–Crippen LogP) is 3.36. The molecule has 5 nitrogen and oxygen atoms in total. The van der Waals surface area contributed by atoms with Crippen molar-refractivity contribution in [2.75, 3.05) is 10.6 Å². The number of hydrogen-bond donors (Lipinski definition) is 2. The van der Waals surface area contributed by atoms with Gasteiger partial charge >= 0.3 is 0 Å². The number of hydrogen-bond acceptors (Lipinski definition) is 4. The van der Waals surface area contributed by atoms with E-state index >= 15 is 0 Å². The Morgan fingerprint density at radius 3 is 2.43 bits per heavy atom. The van der Waals surface area contributed by atoms with Crippen LogP contribution in [0.3, 0.4) is 0 Å². The number of nitrogens with zero attached hydrogens (tertiary/aromatic N) is 2. The largest absolute Gasteiger partial charge is 0.350 e. The molecule has 0 saturated carbocycles. The van der Waals surface area contributed by atoms with Crippen molar-refractivity contribution in [2.24, 2.45) is 0 Å². The summed E-state index contributed by atoms with van der Waals surface area (Å²) in [6.07, 6.45) is 1.36. The first-order valence-electron chi connectivity index (χ1n) is 6.73. The van der Waals surface area contributed by atoms with Gasteiger partial charge in [0.1, 0.15) is 5.69 Å². The topological polar surface area (TPSA) is 66.9 Å². The molecule has 2 rings (SSSR count). The molecule has 0 radical (unpaired) electrons. The molecule has 23 heavy (non-hydrogen) atoms. The molecule has 0 aliphatic carbocycles. The minimum atomic E-state index is -1.65. The van der Waals surface area contributed by atoms with Crippen molar-refractivity contribution >= 4 is 17.5 Å². The van der Waals surface area contributed by atoms with Gasteiger partial charge in [-0.15, -0.1) is 0 Å². The number of anilines is 2. The average Bonchev–Trinajstić information content (AvgIpc) is 2.46. The zero-order valence-electron chi connectivity index (χ0n) is 12.7. The van der Waals surface area contributed by atoms with E-state index in [1.165, 1.54) is 12.3 Å². The maximum Gasteiger partial charge on any atom is 0.274 e. The summed E-state index contributed by atoms with van der Waals surface area (Å²) in [4.78, 5) is 20.0. The summed E-state index contributed by atoms with van der Waals surface area (Å²) >= 11 is 0. The van der Waals surface area contributed by atoms with Crippen molar-refractivity contribution in [1.29, 1.82) is 0 Å². The normalized spacial score (nSPS) is 11.2. The third kappa shape index (κ3) is 4.18. The molecule has 1 heterocycles. The number of carbonyl (C=O) groups is 1. The lowest BCUT2D eigenvalue weighted by molar-refractivity contribution is 0.102. The van der Waals surface area contributed by atoms with Crippen LogP contribution in [0, 0.1) is 17.5 Å². The van der Waals surface area contributed by atoms with Crippen LogP contribution >= 0.6 is 0 Å². The average molecular weight is 324 g/mol. The SMILES string of the molecule is CC(C)(C)Nc1nccc(C(=O)Nc2ccc(F)c(F)c2F)n1. The lowest BCUT2D eigenvalue weighted by Gasteiger charge is -2.20. The molecule has 0 aliphatic heterocycles. The first-order chi connectivity index (χ1) is 10.7. The molecule has 0 aliphatic rings. The standard InChI is InChI=1S/C15H15F3N4O/c1-15(2,3)22-14-19-7-6-10(21-14)13(23)20-9-5-4-8(16)11(17)12(9)18/h4-7H,1-3H3,(H,20,23)(H,19,21,22). The van der Waals surface area contributed by atoms with E-state index < -0.39 is 29.0 Å². The van der Waals surface area contributed by atoms with Gasteiger partial charge in [-0.25, -0.2) is 23.1 Å². The summed E-state index contributed by atoms with van der Waals surface area (Å²) in [6, 6.07) is 2.97. The molecular formula is C15H15F3N4O. The molecule has 1 aromatic heterocycles. The lowest BCUT2D eigenvalue weighted by atomic mass is 10.1. The summed E-state index contributed by atoms with van der Waals surface area (Å²) in [5.41, 5.74) is -0.838. The second kappa shape index (κ2) is 6.23. The van der Waals surface area contributed by atoms with E-state index in [-0.39, 0.29) is 17.2 Å². The molecule has 2 N–H and O–H groups in total. The Bertz CT molecular complexity index is 744. The number of benzene rings is 1. The quantitative estimate of drug-likeness (QED) is 0.850. The van der Waals surface area contributed by atoms with E-state index in [1.807, 2.05) is 20.8 Å². The second-order valence-corrected chi connectivity index (χ2v) is 5.82. The molecule has 0 spiro atoms. The summed E-state index contributed by atoms with van der Waals surface area (Å²) in [7, 11) is 0. The number of amides is 1. The Balaban J connectivity index is 2.22. The summed E-state index contributed by atoms with van der Waals surface area (Å²) in [5.74, 6) is -5.01. The highest BCUT2D eigenvalue weighted by molar-refractivity contribution is 6.03. The van der Waals surface area contributed by atoms with E-state index in [2.05, 4.69) is 20.6 Å². The zero-order valence-corrected chi connectivity index (χ0v) is 12.7. The molecule has 2 aromatic rings. The lowest BCUT2D eigenvalue weighted by Crippen LogP contribution is -2.28. The van der Waals surface area contributed by atoms with E-state index in [9.17, 15) is 18.0 Å². The highest BCUT2D eigenvalue weighted by Crippen LogP contribution is 2.20. The Hall–Kier alpha value is -2.64. The molecule has 122 valence electrons. The summed E-state index contributed by atoms with van der Waals surface area (Å²) < 4.78 is 39.6. The molecule has 0 fully saturated rings. The number of aromatic nitrogens is 2. The van der Waals surface area contributed by atoms with E-state index in [1.54, 1.807) is 0 Å². The van der Waals surface area contributed by atoms with Gasteiger partial charge in [-0.05, 0) is 39.0 Å². The maximum absolute atomic E-state index is 13.6. The van der Waals surface area contributed by atoms with Gasteiger partial charge in [-0.3, -0.25) is 4.79 Å². The molecule has 0 saturated heterocycles. The molecule has 0 unspecified atom stereocenters. The van der Waals surface area contributed by atoms with Crippen molar-refractivity contribution < 1.29 is 18.0 Å². The maximum atomic E-state index is 13.6. The highest BCUT2D eigenvalue weighted by Gasteiger charge is 2.18. The van der Waals surface area contributed by atoms with Crippen molar-refractivity contribution in [3.05, 3.63) is 47.5 Å². The van der Waals surface area contributed by atoms with Crippen LogP contribution in [0.25, 0.3) is 0 Å². The number of nitrogens with one attached hydrogen (secondary N) is 2. The van der Waals surface area contributed by atoms with Gasteiger partial charge in [0.2, 0.25) is 5.95 Å². The molecular weight excluding hydrogens is 309 g/mol. The van der Waals surface area contributed by atoms with Gasteiger partial charge < -0.3 is 10.6 Å². The minimum absolute atomic E-state index is 0.0455. The van der Waals surface area contributed by atoms with Crippen LogP contribution in [0.1, 0.15) is 31.3 Å². The molecule has 0 atom stereocenters. The fraction of sp³-hybridized carbons (Fsp3) is 0.267. The van der Waals surface area contributed by atoms with Crippen molar-refractivity contribution in [3.8, 4) is 0 Å². The Labute approximate surface area is 131 Å². The van der Waals surface area contributed by atoms with Gasteiger partial charge in [0.25, 0.3) is 5.91 Å². The van der Waals surface area contributed by atoms with Gasteiger partial charge in [-0.1, -0.05) is 0 Å². The van der Waals surface area contributed by atoms with Crippen LogP contribution in [0.15, 0.2) is 24.4 Å². The van der Waals surface area contributed by atoms with Crippen LogP contribution in [0.2, 0.25) is 0 Å². The van der Waals surface area contributed by atoms with Crippen LogP contribution in [-0.2, 0) is 0 Å². The zero-order chi connectivity index (χ0) is 17.2. The van der Waals surface area contributed by atoms with Gasteiger partial charge in [-0.2, -0.15) is 0 Å². The molecule has 0 bridgehead atoms. The van der Waals surface area contributed by atoms with Gasteiger partial charge in [0.15, 0.2) is 17.5 Å². The van der Waals surface area contributed by atoms with Crippen molar-refractivity contribution in [2.45, 2.75) is 26.3 Å². The third-order valence-corrected chi connectivity index (χ3v) is 2.66. The summed E-state index contributed by atoms with van der Waals surface area (Å²) in [6.45, 7) is 5.67. The first-order valence-corrected chi connectivity index (χ1v) is 6.73. The van der Waals surface area contributed by atoms with Crippen LogP contribution < -0.4 is 10.6 Å². The fourth-order valence-corrected chi connectivity index (χ4v) is 1.69. The molecule has 8 heteroatoms. The van der Waals surface area contributed by atoms with E-state index in [4.69, 9.17) is 0 Å². The Morgan fingerprint density at radius 2 is 1.78 bits per heavy atom. The van der Waals surface area contributed by atoms with E-state index in [0.717, 1.165) is 12.1 Å². The minimum Gasteiger partial charge on any atom is -0.350 e. The van der Waals surface area contributed by atoms with Gasteiger partial charge in [0.05, 0.1) is 5.69 Å². The summed E-state index contributed by atoms with van der Waals surface area (Å²) in [5, 5.41) is 5.13. The Morgan fingerprint density at radius 1 is 1.09 bits per heavy atom. The van der Waals surface area contributed by atoms with Gasteiger partial charge in [0, 0.05) is 11.7 Å². The third-order valence-electron chi connectivity index (χ3n) is 2.66. The predicted molar refractivity (Wildman–Crippen MR) is 79.7 cm³/mol. The van der Waals surface area contributed by atoms with Crippen LogP contribution in [0.4, 0.5) is 24.8 Å². The smallest absolute Gasteiger partial charge is 0.274 e. The number of rotatable bonds is 3.